The highest BCUT2D eigenvalue weighted by Crippen LogP contribution is 2.07. The fraction of sp³-hybridized carbons (Fsp3) is 0.444. The third kappa shape index (κ3) is 2.37. The van der Waals surface area contributed by atoms with Gasteiger partial charge in [0.2, 0.25) is 0 Å². The summed E-state index contributed by atoms with van der Waals surface area (Å²) in [5, 5.41) is 0. The zero-order chi connectivity index (χ0) is 7.40. The second-order valence-electron chi connectivity index (χ2n) is 2.35. The first-order chi connectivity index (χ1) is 4.88. The van der Waals surface area contributed by atoms with Crippen molar-refractivity contribution in [2.24, 2.45) is 0 Å². The van der Waals surface area contributed by atoms with E-state index in [4.69, 9.17) is 0 Å². The van der Waals surface area contributed by atoms with Gasteiger partial charge in [-0.2, -0.15) is 0 Å². The van der Waals surface area contributed by atoms with Crippen LogP contribution in [0.1, 0.15) is 25.0 Å². The minimum absolute atomic E-state index is 0. The van der Waals surface area contributed by atoms with Gasteiger partial charge in [0.05, 0.1) is 0 Å². The Morgan fingerprint density at radius 2 is 1.82 bits per heavy atom. The molecule has 0 aliphatic rings. The van der Waals surface area contributed by atoms with Gasteiger partial charge in [-0.25, -0.2) is 0 Å². The summed E-state index contributed by atoms with van der Waals surface area (Å²) in [5.41, 5.74) is 2.81. The average Bonchev–Trinajstić information content (AvgIpc) is 2.04. The summed E-state index contributed by atoms with van der Waals surface area (Å²) in [6.07, 6.45) is 6.03. The first kappa shape index (κ1) is 10.2. The van der Waals surface area contributed by atoms with Crippen molar-refractivity contribution in [3.05, 3.63) is 29.6 Å². The van der Waals surface area contributed by atoms with E-state index >= 15 is 0 Å². The van der Waals surface area contributed by atoms with Crippen LogP contribution in [0.5, 0.6) is 0 Å². The van der Waals surface area contributed by atoms with E-state index in [1.54, 1.807) is 0 Å². The van der Waals surface area contributed by atoms with E-state index in [1.807, 2.05) is 12.4 Å². The topological polar surface area (TPSA) is 12.9 Å². The van der Waals surface area contributed by atoms with E-state index in [2.05, 4.69) is 24.9 Å². The Hall–Kier alpha value is -0.785. The van der Waals surface area contributed by atoms with Gasteiger partial charge in [0.25, 0.3) is 0 Å². The van der Waals surface area contributed by atoms with Crippen molar-refractivity contribution in [3.63, 3.8) is 0 Å². The highest BCUT2D eigenvalue weighted by molar-refractivity contribution is 5.75. The molecule has 57 valence electrons. The van der Waals surface area contributed by atoms with Crippen LogP contribution >= 0.6 is 0 Å². The summed E-state index contributed by atoms with van der Waals surface area (Å²) >= 11 is 0. The lowest BCUT2D eigenvalue weighted by atomic mass is 10.1. The van der Waals surface area contributed by atoms with Gasteiger partial charge in [-0.3, -0.25) is 4.98 Å². The molecule has 1 nitrogen and oxygen atoms in total. The van der Waals surface area contributed by atoms with Crippen LogP contribution in [0, 0.1) is 0 Å². The number of hydrogen-bond donors (Lipinski definition) is 0. The Bertz CT molecular complexity index is 187. The Morgan fingerprint density at radius 1 is 1.18 bits per heavy atom. The van der Waals surface area contributed by atoms with E-state index in [-0.39, 0.29) is 8.41 Å². The van der Waals surface area contributed by atoms with Crippen LogP contribution in [0.25, 0.3) is 0 Å². The molecule has 1 rings (SSSR count). The van der Waals surface area contributed by atoms with Crippen molar-refractivity contribution < 1.29 is 0 Å². The molecule has 0 N–H and O–H groups in total. The highest BCUT2D eigenvalue weighted by Gasteiger charge is 1.94. The van der Waals surface area contributed by atoms with Gasteiger partial charge in [0, 0.05) is 20.8 Å². The second-order valence-corrected chi connectivity index (χ2v) is 2.35. The Kier molecular flexibility index (Phi) is 4.59. The maximum Gasteiger partial charge on any atom is 0.0302 e. The molecule has 3 radical (unpaired) electrons. The van der Waals surface area contributed by atoms with E-state index in [0.717, 1.165) is 12.8 Å². The molecular weight excluding hydrogens is 133 g/mol. The summed E-state index contributed by atoms with van der Waals surface area (Å²) < 4.78 is 0. The molecule has 0 atom stereocenters. The molecule has 11 heavy (non-hydrogen) atoms. The van der Waals surface area contributed by atoms with E-state index in [1.165, 1.54) is 11.1 Å². The number of hydrogen-bond acceptors (Lipinski definition) is 1. The van der Waals surface area contributed by atoms with Gasteiger partial charge in [-0.1, -0.05) is 13.8 Å². The fourth-order valence-corrected chi connectivity index (χ4v) is 1.12. The monoisotopic (exact) mass is 146 g/mol. The van der Waals surface area contributed by atoms with Gasteiger partial charge in [-0.05, 0) is 30.0 Å². The molecule has 0 aliphatic heterocycles. The van der Waals surface area contributed by atoms with E-state index in [0.29, 0.717) is 0 Å². The zero-order valence-corrected chi connectivity index (χ0v) is 7.17. The summed E-state index contributed by atoms with van der Waals surface area (Å²) in [6, 6.07) is 2.10. The van der Waals surface area contributed by atoms with Gasteiger partial charge in [-0.15, -0.1) is 0 Å². The largest absolute Gasteiger partial charge is 0.264 e. The minimum atomic E-state index is 0. The highest BCUT2D eigenvalue weighted by atomic mass is 14.6. The molecule has 0 saturated carbocycles. The van der Waals surface area contributed by atoms with E-state index < -0.39 is 0 Å². The van der Waals surface area contributed by atoms with Gasteiger partial charge in [0.1, 0.15) is 0 Å². The Labute approximate surface area is 70.4 Å². The molecule has 0 fully saturated rings. The maximum absolute atomic E-state index is 4.06. The van der Waals surface area contributed by atoms with Crippen LogP contribution in [-0.2, 0) is 12.8 Å². The number of rotatable bonds is 2. The molecule has 1 aromatic heterocycles. The molecule has 0 bridgehead atoms. The molecule has 0 saturated heterocycles. The number of aromatic nitrogens is 1. The molecule has 2 heteroatoms. The first-order valence-electron chi connectivity index (χ1n) is 3.80. The quantitative estimate of drug-likeness (QED) is 0.580. The molecule has 0 amide bonds. The molecule has 0 spiro atoms. The number of pyridine rings is 1. The third-order valence-electron chi connectivity index (χ3n) is 1.77. The standard InChI is InChI=1S/C9H13N.B/c1-3-8-5-6-10-7-9(8)4-2;/h5-7H,3-4H2,1-2H3;. The van der Waals surface area contributed by atoms with Crippen LogP contribution in [0.15, 0.2) is 18.5 Å². The average molecular weight is 146 g/mol. The van der Waals surface area contributed by atoms with Gasteiger partial charge in [0.15, 0.2) is 0 Å². The SMILES string of the molecule is CCc1ccncc1CC.[B]. The summed E-state index contributed by atoms with van der Waals surface area (Å²) in [5.74, 6) is 0. The molecule has 1 heterocycles. The molecule has 0 unspecified atom stereocenters. The molecule has 0 aromatic carbocycles. The predicted octanol–water partition coefficient (Wildman–Crippen LogP) is 1.83. The van der Waals surface area contributed by atoms with Crippen LogP contribution in [0.2, 0.25) is 0 Å². The lowest BCUT2D eigenvalue weighted by Gasteiger charge is -2.01. The van der Waals surface area contributed by atoms with Crippen molar-refractivity contribution in [2.75, 3.05) is 0 Å². The zero-order valence-electron chi connectivity index (χ0n) is 7.17. The van der Waals surface area contributed by atoms with Crippen LogP contribution in [-0.4, -0.2) is 13.4 Å². The maximum atomic E-state index is 4.06. The predicted molar refractivity (Wildman–Crippen MR) is 48.7 cm³/mol. The minimum Gasteiger partial charge on any atom is -0.264 e. The van der Waals surface area contributed by atoms with Crippen molar-refractivity contribution >= 4 is 8.41 Å². The first-order valence-corrected chi connectivity index (χ1v) is 3.80. The Balaban J connectivity index is 0.000001000. The normalized spacial score (nSPS) is 8.91. The summed E-state index contributed by atoms with van der Waals surface area (Å²) in [7, 11) is 0. The lowest BCUT2D eigenvalue weighted by Crippen LogP contribution is -1.90. The number of aryl methyl sites for hydroxylation is 2. The molecule has 1 aromatic rings. The molecule has 0 aliphatic carbocycles. The fourth-order valence-electron chi connectivity index (χ4n) is 1.12. The number of nitrogens with zero attached hydrogens (tertiary/aromatic N) is 1. The third-order valence-corrected chi connectivity index (χ3v) is 1.77. The summed E-state index contributed by atoms with van der Waals surface area (Å²) in [6.45, 7) is 4.34. The van der Waals surface area contributed by atoms with Crippen molar-refractivity contribution in [1.29, 1.82) is 0 Å². The van der Waals surface area contributed by atoms with Crippen molar-refractivity contribution in [2.45, 2.75) is 26.7 Å². The summed E-state index contributed by atoms with van der Waals surface area (Å²) in [4.78, 5) is 4.06. The van der Waals surface area contributed by atoms with Crippen molar-refractivity contribution in [1.82, 2.24) is 4.98 Å². The van der Waals surface area contributed by atoms with Crippen LogP contribution in [0.4, 0.5) is 0 Å². The van der Waals surface area contributed by atoms with E-state index in [9.17, 15) is 0 Å². The van der Waals surface area contributed by atoms with Crippen LogP contribution in [0.3, 0.4) is 0 Å². The van der Waals surface area contributed by atoms with Gasteiger partial charge < -0.3 is 0 Å². The lowest BCUT2D eigenvalue weighted by molar-refractivity contribution is 1.01. The van der Waals surface area contributed by atoms with Gasteiger partial charge >= 0.3 is 0 Å². The smallest absolute Gasteiger partial charge is 0.0302 e. The van der Waals surface area contributed by atoms with Crippen molar-refractivity contribution in [3.8, 4) is 0 Å². The Morgan fingerprint density at radius 3 is 2.27 bits per heavy atom. The van der Waals surface area contributed by atoms with Crippen LogP contribution < -0.4 is 0 Å². The second kappa shape index (κ2) is 4.94. The molecular formula is C9H13BN.